The lowest BCUT2D eigenvalue weighted by Gasteiger charge is -2.19. The Bertz CT molecular complexity index is 306. The minimum atomic E-state index is -0.308. The fourth-order valence-corrected chi connectivity index (χ4v) is 1.47. The summed E-state index contributed by atoms with van der Waals surface area (Å²) in [7, 11) is 3.51. The van der Waals surface area contributed by atoms with Gasteiger partial charge in [0.1, 0.15) is 5.82 Å². The van der Waals surface area contributed by atoms with Crippen molar-refractivity contribution in [2.75, 3.05) is 14.2 Å². The van der Waals surface area contributed by atoms with Crippen LogP contribution in [0.5, 0.6) is 0 Å². The first-order valence-electron chi connectivity index (χ1n) is 4.98. The van der Waals surface area contributed by atoms with Crippen molar-refractivity contribution in [3.8, 4) is 0 Å². The van der Waals surface area contributed by atoms with Crippen LogP contribution >= 0.6 is 0 Å². The van der Waals surface area contributed by atoms with Crippen molar-refractivity contribution in [3.63, 3.8) is 0 Å². The molecule has 1 aromatic rings. The molecule has 0 fully saturated rings. The maximum Gasteiger partial charge on any atom is 0.141 e. The molecule has 0 aliphatic heterocycles. The number of nitrogens with zero attached hydrogens (tertiary/aromatic N) is 1. The van der Waals surface area contributed by atoms with E-state index in [1.54, 1.807) is 13.3 Å². The van der Waals surface area contributed by atoms with Gasteiger partial charge in [0.2, 0.25) is 0 Å². The number of methoxy groups -OCH3 is 1. The van der Waals surface area contributed by atoms with E-state index in [1.807, 2.05) is 14.0 Å². The highest BCUT2D eigenvalue weighted by molar-refractivity contribution is 5.15. The molecule has 15 heavy (non-hydrogen) atoms. The van der Waals surface area contributed by atoms with Gasteiger partial charge in [0, 0.05) is 19.3 Å². The first-order valence-corrected chi connectivity index (χ1v) is 4.98. The van der Waals surface area contributed by atoms with E-state index in [1.165, 1.54) is 12.3 Å². The zero-order chi connectivity index (χ0) is 11.3. The summed E-state index contributed by atoms with van der Waals surface area (Å²) in [6, 6.07) is 1.57. The molecule has 0 aromatic carbocycles. The van der Waals surface area contributed by atoms with Gasteiger partial charge in [-0.2, -0.15) is 0 Å². The predicted octanol–water partition coefficient (Wildman–Crippen LogP) is 1.91. The first-order chi connectivity index (χ1) is 7.17. The lowest BCUT2D eigenvalue weighted by atomic mass is 10.0. The van der Waals surface area contributed by atoms with Crippen LogP contribution in [0.3, 0.4) is 0 Å². The average Bonchev–Trinajstić information content (AvgIpc) is 2.25. The number of nitrogens with one attached hydrogen (secondary N) is 1. The largest absolute Gasteiger partial charge is 0.382 e. The van der Waals surface area contributed by atoms with Gasteiger partial charge in [-0.05, 0) is 32.0 Å². The Labute approximate surface area is 89.7 Å². The van der Waals surface area contributed by atoms with Crippen molar-refractivity contribution in [1.29, 1.82) is 0 Å². The predicted molar refractivity (Wildman–Crippen MR) is 57.1 cm³/mol. The van der Waals surface area contributed by atoms with Crippen LogP contribution in [-0.2, 0) is 4.74 Å². The summed E-state index contributed by atoms with van der Waals surface area (Å²) < 4.78 is 18.1. The van der Waals surface area contributed by atoms with E-state index in [-0.39, 0.29) is 18.0 Å². The van der Waals surface area contributed by atoms with Crippen molar-refractivity contribution in [1.82, 2.24) is 10.3 Å². The van der Waals surface area contributed by atoms with Crippen molar-refractivity contribution in [2.45, 2.75) is 25.5 Å². The monoisotopic (exact) mass is 212 g/mol. The minimum Gasteiger partial charge on any atom is -0.382 e. The Morgan fingerprint density at radius 3 is 2.80 bits per heavy atom. The van der Waals surface area contributed by atoms with Crippen LogP contribution in [0.4, 0.5) is 4.39 Å². The molecule has 1 aromatic heterocycles. The molecule has 3 nitrogen and oxygen atoms in total. The van der Waals surface area contributed by atoms with Gasteiger partial charge in [0.15, 0.2) is 0 Å². The summed E-state index contributed by atoms with van der Waals surface area (Å²) in [5.74, 6) is -0.308. The summed E-state index contributed by atoms with van der Waals surface area (Å²) in [6.07, 6.45) is 3.80. The van der Waals surface area contributed by atoms with E-state index in [2.05, 4.69) is 10.3 Å². The number of ether oxygens (including phenoxy) is 1. The maximum absolute atomic E-state index is 13.0. The summed E-state index contributed by atoms with van der Waals surface area (Å²) in [5, 5.41) is 3.12. The van der Waals surface area contributed by atoms with E-state index < -0.39 is 0 Å². The highest BCUT2D eigenvalue weighted by atomic mass is 19.1. The number of hydrogen-bond donors (Lipinski definition) is 1. The first kappa shape index (κ1) is 12.1. The highest BCUT2D eigenvalue weighted by Crippen LogP contribution is 2.18. The molecule has 4 heteroatoms. The van der Waals surface area contributed by atoms with Gasteiger partial charge >= 0.3 is 0 Å². The van der Waals surface area contributed by atoms with E-state index in [0.29, 0.717) is 0 Å². The lowest BCUT2D eigenvalue weighted by molar-refractivity contribution is 0.101. The molecule has 0 spiro atoms. The van der Waals surface area contributed by atoms with Crippen molar-refractivity contribution < 1.29 is 9.13 Å². The summed E-state index contributed by atoms with van der Waals surface area (Å²) in [6.45, 7) is 1.98. The van der Waals surface area contributed by atoms with Crippen molar-refractivity contribution in [3.05, 3.63) is 29.8 Å². The second kappa shape index (κ2) is 5.78. The molecule has 2 unspecified atom stereocenters. The molecule has 1 rings (SSSR count). The molecule has 84 valence electrons. The Kier molecular flexibility index (Phi) is 4.65. The molecule has 0 bridgehead atoms. The fraction of sp³-hybridized carbons (Fsp3) is 0.545. The van der Waals surface area contributed by atoms with Crippen LogP contribution in [0.25, 0.3) is 0 Å². The van der Waals surface area contributed by atoms with E-state index >= 15 is 0 Å². The molecule has 0 saturated carbocycles. The zero-order valence-electron chi connectivity index (χ0n) is 9.33. The highest BCUT2D eigenvalue weighted by Gasteiger charge is 2.13. The Hall–Kier alpha value is -1.00. The average molecular weight is 212 g/mol. The number of hydrogen-bond acceptors (Lipinski definition) is 3. The number of aromatic nitrogens is 1. The van der Waals surface area contributed by atoms with E-state index in [0.717, 1.165) is 12.0 Å². The van der Waals surface area contributed by atoms with Gasteiger partial charge in [0.25, 0.3) is 0 Å². The van der Waals surface area contributed by atoms with Crippen LogP contribution < -0.4 is 5.32 Å². The SMILES string of the molecule is CNC(CC(C)OC)c1cncc(F)c1. The molecule has 2 atom stereocenters. The van der Waals surface area contributed by atoms with E-state index in [9.17, 15) is 4.39 Å². The number of rotatable bonds is 5. The minimum absolute atomic E-state index is 0.0724. The molecule has 0 amide bonds. The van der Waals surface area contributed by atoms with Gasteiger partial charge in [-0.1, -0.05) is 0 Å². The molecular formula is C11H17FN2O. The van der Waals surface area contributed by atoms with Gasteiger partial charge in [0.05, 0.1) is 12.3 Å². The lowest BCUT2D eigenvalue weighted by Crippen LogP contribution is -2.22. The Morgan fingerprint density at radius 1 is 1.53 bits per heavy atom. The molecule has 0 radical (unpaired) electrons. The van der Waals surface area contributed by atoms with Crippen molar-refractivity contribution in [2.24, 2.45) is 0 Å². The number of pyridine rings is 1. The molecule has 0 saturated heterocycles. The van der Waals surface area contributed by atoms with Crippen LogP contribution in [-0.4, -0.2) is 25.2 Å². The standard InChI is InChI=1S/C11H17FN2O/c1-8(15-3)4-11(13-2)9-5-10(12)7-14-6-9/h5-8,11,13H,4H2,1-3H3. The summed E-state index contributed by atoms with van der Waals surface area (Å²) in [4.78, 5) is 3.83. The summed E-state index contributed by atoms with van der Waals surface area (Å²) >= 11 is 0. The van der Waals surface area contributed by atoms with Crippen LogP contribution in [0.2, 0.25) is 0 Å². The Balaban J connectivity index is 2.73. The molecule has 0 aliphatic rings. The third-order valence-electron chi connectivity index (χ3n) is 2.45. The second-order valence-electron chi connectivity index (χ2n) is 3.56. The fourth-order valence-electron chi connectivity index (χ4n) is 1.47. The second-order valence-corrected chi connectivity index (χ2v) is 3.56. The van der Waals surface area contributed by atoms with Crippen molar-refractivity contribution >= 4 is 0 Å². The van der Waals surface area contributed by atoms with E-state index in [4.69, 9.17) is 4.74 Å². The Morgan fingerprint density at radius 2 is 2.27 bits per heavy atom. The van der Waals surface area contributed by atoms with Gasteiger partial charge < -0.3 is 10.1 Å². The third-order valence-corrected chi connectivity index (χ3v) is 2.45. The molecule has 0 aliphatic carbocycles. The maximum atomic E-state index is 13.0. The smallest absolute Gasteiger partial charge is 0.141 e. The van der Waals surface area contributed by atoms with Gasteiger partial charge in [-0.3, -0.25) is 4.98 Å². The zero-order valence-corrected chi connectivity index (χ0v) is 9.33. The topological polar surface area (TPSA) is 34.1 Å². The van der Waals surface area contributed by atoms with Crippen LogP contribution in [0.15, 0.2) is 18.5 Å². The van der Waals surface area contributed by atoms with Crippen LogP contribution in [0.1, 0.15) is 24.9 Å². The molecule has 1 heterocycles. The normalized spacial score (nSPS) is 14.9. The van der Waals surface area contributed by atoms with Gasteiger partial charge in [-0.15, -0.1) is 0 Å². The quantitative estimate of drug-likeness (QED) is 0.809. The molecular weight excluding hydrogens is 195 g/mol. The third kappa shape index (κ3) is 3.57. The summed E-state index contributed by atoms with van der Waals surface area (Å²) in [5.41, 5.74) is 0.849. The van der Waals surface area contributed by atoms with Crippen LogP contribution in [0, 0.1) is 5.82 Å². The number of halogens is 1. The van der Waals surface area contributed by atoms with Gasteiger partial charge in [-0.25, -0.2) is 4.39 Å². The molecule has 1 N–H and O–H groups in total.